The summed E-state index contributed by atoms with van der Waals surface area (Å²) < 4.78 is 0. The van der Waals surface area contributed by atoms with E-state index in [4.69, 9.17) is 5.11 Å². The molecule has 0 saturated carbocycles. The standard InChI is InChI=1S/C15H12N4O2/c20-15(21)14-13-10(5-4-8-12(13)18-19-14)9-16-17-11-6-2-1-3-7-11/h1-9,17H,(H,18,19)(H,20,21). The van der Waals surface area contributed by atoms with Gasteiger partial charge in [0.05, 0.1) is 17.4 Å². The fourth-order valence-electron chi connectivity index (χ4n) is 2.05. The summed E-state index contributed by atoms with van der Waals surface area (Å²) in [6, 6.07) is 14.9. The van der Waals surface area contributed by atoms with Gasteiger partial charge in [-0.05, 0) is 18.2 Å². The van der Waals surface area contributed by atoms with Crippen molar-refractivity contribution < 1.29 is 9.90 Å². The van der Waals surface area contributed by atoms with Gasteiger partial charge in [0.1, 0.15) is 0 Å². The number of benzene rings is 2. The van der Waals surface area contributed by atoms with Crippen molar-refractivity contribution in [2.45, 2.75) is 0 Å². The van der Waals surface area contributed by atoms with Crippen LogP contribution in [0.3, 0.4) is 0 Å². The SMILES string of the molecule is O=C(O)c1n[nH]c2cccc(C=NNc3ccccc3)c12. The van der Waals surface area contributed by atoms with Gasteiger partial charge in [-0.25, -0.2) is 4.79 Å². The zero-order valence-electron chi connectivity index (χ0n) is 10.9. The van der Waals surface area contributed by atoms with E-state index in [0.717, 1.165) is 5.69 Å². The highest BCUT2D eigenvalue weighted by molar-refractivity contribution is 6.08. The summed E-state index contributed by atoms with van der Waals surface area (Å²) in [6.07, 6.45) is 1.58. The number of fused-ring (bicyclic) bond motifs is 1. The smallest absolute Gasteiger partial charge is 0.357 e. The third kappa shape index (κ3) is 2.59. The van der Waals surface area contributed by atoms with Crippen molar-refractivity contribution in [3.05, 3.63) is 59.8 Å². The Labute approximate surface area is 120 Å². The van der Waals surface area contributed by atoms with Gasteiger partial charge < -0.3 is 5.11 Å². The molecule has 0 aliphatic heterocycles. The summed E-state index contributed by atoms with van der Waals surface area (Å²) in [5.74, 6) is -1.07. The van der Waals surface area contributed by atoms with Crippen LogP contribution in [0.4, 0.5) is 5.69 Å². The van der Waals surface area contributed by atoms with Crippen molar-refractivity contribution >= 4 is 28.8 Å². The number of nitrogens with one attached hydrogen (secondary N) is 2. The number of hydrogen-bond donors (Lipinski definition) is 3. The van der Waals surface area contributed by atoms with E-state index >= 15 is 0 Å². The molecule has 0 bridgehead atoms. The summed E-state index contributed by atoms with van der Waals surface area (Å²) >= 11 is 0. The monoisotopic (exact) mass is 280 g/mol. The molecule has 3 rings (SSSR count). The molecule has 6 heteroatoms. The first-order valence-electron chi connectivity index (χ1n) is 6.30. The van der Waals surface area contributed by atoms with E-state index in [9.17, 15) is 4.79 Å². The molecule has 0 aliphatic carbocycles. The molecule has 0 atom stereocenters. The van der Waals surface area contributed by atoms with Gasteiger partial charge in [-0.2, -0.15) is 10.2 Å². The van der Waals surface area contributed by atoms with E-state index in [2.05, 4.69) is 20.7 Å². The number of aromatic nitrogens is 2. The predicted molar refractivity (Wildman–Crippen MR) is 80.7 cm³/mol. The summed E-state index contributed by atoms with van der Waals surface area (Å²) in [6.45, 7) is 0. The van der Waals surface area contributed by atoms with E-state index in [-0.39, 0.29) is 5.69 Å². The predicted octanol–water partition coefficient (Wildman–Crippen LogP) is 2.71. The van der Waals surface area contributed by atoms with Crippen LogP contribution in [0.1, 0.15) is 16.1 Å². The number of anilines is 1. The Balaban J connectivity index is 1.93. The molecule has 1 heterocycles. The van der Waals surface area contributed by atoms with Gasteiger partial charge >= 0.3 is 5.97 Å². The zero-order chi connectivity index (χ0) is 14.7. The highest BCUT2D eigenvalue weighted by Gasteiger charge is 2.14. The highest BCUT2D eigenvalue weighted by atomic mass is 16.4. The Bertz CT molecular complexity index is 809. The number of carboxylic acid groups (broad SMARTS) is 1. The Hall–Kier alpha value is -3.15. The van der Waals surface area contributed by atoms with Gasteiger partial charge in [0.2, 0.25) is 0 Å². The van der Waals surface area contributed by atoms with E-state index in [0.29, 0.717) is 16.5 Å². The molecule has 0 fully saturated rings. The molecule has 3 aromatic rings. The van der Waals surface area contributed by atoms with Crippen molar-refractivity contribution in [3.8, 4) is 0 Å². The van der Waals surface area contributed by atoms with E-state index in [1.807, 2.05) is 36.4 Å². The number of hydrazone groups is 1. The maximum atomic E-state index is 11.2. The maximum Gasteiger partial charge on any atom is 0.357 e. The lowest BCUT2D eigenvalue weighted by molar-refractivity contribution is 0.0692. The Morgan fingerprint density at radius 2 is 2.00 bits per heavy atom. The molecule has 6 nitrogen and oxygen atoms in total. The van der Waals surface area contributed by atoms with Gasteiger partial charge in [-0.1, -0.05) is 30.3 Å². The third-order valence-electron chi connectivity index (χ3n) is 3.00. The number of hydrogen-bond acceptors (Lipinski definition) is 4. The third-order valence-corrected chi connectivity index (χ3v) is 3.00. The van der Waals surface area contributed by atoms with Crippen molar-refractivity contribution in [2.24, 2.45) is 5.10 Å². The summed E-state index contributed by atoms with van der Waals surface area (Å²) in [7, 11) is 0. The van der Waals surface area contributed by atoms with Gasteiger partial charge in [-0.15, -0.1) is 0 Å². The number of para-hydroxylation sites is 1. The lowest BCUT2D eigenvalue weighted by Crippen LogP contribution is -1.99. The molecular weight excluding hydrogens is 268 g/mol. The second-order valence-corrected chi connectivity index (χ2v) is 4.38. The van der Waals surface area contributed by atoms with Crippen LogP contribution in [0.25, 0.3) is 10.9 Å². The van der Waals surface area contributed by atoms with E-state index in [1.54, 1.807) is 18.3 Å². The molecule has 104 valence electrons. The first kappa shape index (κ1) is 12.9. The number of aromatic carboxylic acids is 1. The van der Waals surface area contributed by atoms with Gasteiger partial charge in [0, 0.05) is 10.9 Å². The fraction of sp³-hybridized carbons (Fsp3) is 0. The topological polar surface area (TPSA) is 90.4 Å². The second-order valence-electron chi connectivity index (χ2n) is 4.38. The molecule has 0 saturated heterocycles. The van der Waals surface area contributed by atoms with Crippen molar-refractivity contribution in [1.29, 1.82) is 0 Å². The molecule has 0 spiro atoms. The van der Waals surface area contributed by atoms with Crippen LogP contribution in [0.2, 0.25) is 0 Å². The average molecular weight is 280 g/mol. The number of rotatable bonds is 4. The number of nitrogens with zero attached hydrogens (tertiary/aromatic N) is 2. The summed E-state index contributed by atoms with van der Waals surface area (Å²) in [5.41, 5.74) is 5.08. The quantitative estimate of drug-likeness (QED) is 0.506. The van der Waals surface area contributed by atoms with Crippen LogP contribution in [0.5, 0.6) is 0 Å². The molecule has 3 N–H and O–H groups in total. The van der Waals surface area contributed by atoms with Crippen LogP contribution in [0, 0.1) is 0 Å². The van der Waals surface area contributed by atoms with Crippen LogP contribution >= 0.6 is 0 Å². The largest absolute Gasteiger partial charge is 0.476 e. The molecule has 0 amide bonds. The molecule has 21 heavy (non-hydrogen) atoms. The average Bonchev–Trinajstić information content (AvgIpc) is 2.93. The minimum atomic E-state index is -1.07. The molecule has 0 radical (unpaired) electrons. The second kappa shape index (κ2) is 5.46. The van der Waals surface area contributed by atoms with Crippen LogP contribution in [0.15, 0.2) is 53.6 Å². The number of carboxylic acids is 1. The first-order chi connectivity index (χ1) is 10.3. The Kier molecular flexibility index (Phi) is 3.34. The lowest BCUT2D eigenvalue weighted by atomic mass is 10.1. The number of aromatic amines is 1. The van der Waals surface area contributed by atoms with Gasteiger partial charge in [0.25, 0.3) is 0 Å². The Morgan fingerprint density at radius 1 is 1.19 bits per heavy atom. The van der Waals surface area contributed by atoms with Crippen LogP contribution < -0.4 is 5.43 Å². The Morgan fingerprint density at radius 3 is 2.76 bits per heavy atom. The minimum Gasteiger partial charge on any atom is -0.476 e. The van der Waals surface area contributed by atoms with Gasteiger partial charge in [0.15, 0.2) is 5.69 Å². The normalized spacial score (nSPS) is 11.0. The summed E-state index contributed by atoms with van der Waals surface area (Å²) in [5, 5.41) is 20.4. The fourth-order valence-corrected chi connectivity index (χ4v) is 2.05. The van der Waals surface area contributed by atoms with Crippen LogP contribution in [-0.4, -0.2) is 27.5 Å². The molecule has 1 aromatic heterocycles. The van der Waals surface area contributed by atoms with Crippen molar-refractivity contribution in [2.75, 3.05) is 5.43 Å². The maximum absolute atomic E-state index is 11.2. The lowest BCUT2D eigenvalue weighted by Gasteiger charge is -2.00. The highest BCUT2D eigenvalue weighted by Crippen LogP contribution is 2.19. The van der Waals surface area contributed by atoms with E-state index < -0.39 is 5.97 Å². The van der Waals surface area contributed by atoms with Crippen LogP contribution in [-0.2, 0) is 0 Å². The molecule has 0 unspecified atom stereocenters. The molecule has 2 aromatic carbocycles. The molecular formula is C15H12N4O2. The number of H-pyrrole nitrogens is 1. The first-order valence-corrected chi connectivity index (χ1v) is 6.30. The zero-order valence-corrected chi connectivity index (χ0v) is 10.9. The molecule has 0 aliphatic rings. The number of carbonyl (C=O) groups is 1. The van der Waals surface area contributed by atoms with E-state index in [1.165, 1.54) is 0 Å². The minimum absolute atomic E-state index is 0.00763. The van der Waals surface area contributed by atoms with Crippen molar-refractivity contribution in [1.82, 2.24) is 10.2 Å². The summed E-state index contributed by atoms with van der Waals surface area (Å²) in [4.78, 5) is 11.2. The van der Waals surface area contributed by atoms with Crippen molar-refractivity contribution in [3.63, 3.8) is 0 Å². The van der Waals surface area contributed by atoms with Gasteiger partial charge in [-0.3, -0.25) is 10.5 Å².